The van der Waals surface area contributed by atoms with Gasteiger partial charge >= 0.3 is 5.97 Å². The molecule has 2 rings (SSSR count). The van der Waals surface area contributed by atoms with E-state index in [9.17, 15) is 4.79 Å². The molecule has 0 radical (unpaired) electrons. The molecule has 5 nitrogen and oxygen atoms in total. The lowest BCUT2D eigenvalue weighted by atomic mass is 9.95. The first-order valence-electron chi connectivity index (χ1n) is 5.00. The Morgan fingerprint density at radius 1 is 1.62 bits per heavy atom. The first kappa shape index (κ1) is 11.5. The maximum absolute atomic E-state index is 10.8. The van der Waals surface area contributed by atoms with Crippen molar-refractivity contribution in [3.05, 3.63) is 16.1 Å². The van der Waals surface area contributed by atoms with Crippen molar-refractivity contribution in [3.8, 4) is 0 Å². The Balaban J connectivity index is 2.28. The molecule has 0 atom stereocenters. The summed E-state index contributed by atoms with van der Waals surface area (Å²) in [6.07, 6.45) is 2.82. The minimum atomic E-state index is -0.943. The number of hydrogen-bond donors (Lipinski definition) is 1. The number of aromatic carboxylic acids is 1. The molecule has 1 aromatic rings. The Kier molecular flexibility index (Phi) is 3.22. The molecule has 6 heteroatoms. The van der Waals surface area contributed by atoms with E-state index in [1.807, 2.05) is 0 Å². The highest BCUT2D eigenvalue weighted by atomic mass is 32.1. The summed E-state index contributed by atoms with van der Waals surface area (Å²) < 4.78 is 10.8. The van der Waals surface area contributed by atoms with Crippen LogP contribution >= 0.6 is 11.3 Å². The molecule has 0 saturated carbocycles. The second kappa shape index (κ2) is 4.48. The molecule has 1 aliphatic rings. The summed E-state index contributed by atoms with van der Waals surface area (Å²) in [4.78, 5) is 15.2. The number of hydrogen-bond acceptors (Lipinski definition) is 5. The van der Waals surface area contributed by atoms with E-state index in [0.29, 0.717) is 13.2 Å². The van der Waals surface area contributed by atoms with Crippen LogP contribution in [0.25, 0.3) is 0 Å². The summed E-state index contributed by atoms with van der Waals surface area (Å²) in [5, 5.41) is 9.59. The fourth-order valence-electron chi connectivity index (χ4n) is 1.79. The molecule has 16 heavy (non-hydrogen) atoms. The lowest BCUT2D eigenvalue weighted by molar-refractivity contribution is -0.0948. The molecule has 2 heterocycles. The van der Waals surface area contributed by atoms with Gasteiger partial charge in [0.25, 0.3) is 0 Å². The van der Waals surface area contributed by atoms with Crippen LogP contribution in [0.15, 0.2) is 6.20 Å². The summed E-state index contributed by atoms with van der Waals surface area (Å²) in [6.45, 7) is 1.24. The van der Waals surface area contributed by atoms with E-state index in [1.54, 1.807) is 7.11 Å². The average Bonchev–Trinajstić information content (AvgIpc) is 2.80. The molecule has 1 aromatic heterocycles. The minimum Gasteiger partial charge on any atom is -0.477 e. The molecule has 0 aromatic carbocycles. The zero-order valence-corrected chi connectivity index (χ0v) is 9.75. The number of aromatic nitrogens is 1. The monoisotopic (exact) mass is 243 g/mol. The number of ether oxygens (including phenoxy) is 2. The van der Waals surface area contributed by atoms with Gasteiger partial charge in [0.15, 0.2) is 0 Å². The van der Waals surface area contributed by atoms with Crippen molar-refractivity contribution >= 4 is 17.3 Å². The van der Waals surface area contributed by atoms with Crippen LogP contribution in [0, 0.1) is 0 Å². The van der Waals surface area contributed by atoms with Crippen LogP contribution in [0.5, 0.6) is 0 Å². The number of carboxylic acid groups (broad SMARTS) is 1. The van der Waals surface area contributed by atoms with Gasteiger partial charge in [-0.15, -0.1) is 11.3 Å². The molecule has 1 N–H and O–H groups in total. The fourth-order valence-corrected chi connectivity index (χ4v) is 2.77. The molecule has 0 aliphatic carbocycles. The molecule has 0 spiro atoms. The van der Waals surface area contributed by atoms with Gasteiger partial charge in [-0.05, 0) is 0 Å². The second-order valence-corrected chi connectivity index (χ2v) is 4.68. The zero-order valence-electron chi connectivity index (χ0n) is 8.93. The molecular formula is C10H13NO4S. The predicted molar refractivity (Wildman–Crippen MR) is 57.8 cm³/mol. The number of thiazole rings is 1. The number of nitrogens with zero attached hydrogens (tertiary/aromatic N) is 1. The van der Waals surface area contributed by atoms with Gasteiger partial charge in [0.05, 0.1) is 6.20 Å². The Labute approximate surface area is 97.0 Å². The van der Waals surface area contributed by atoms with E-state index in [2.05, 4.69) is 4.98 Å². The van der Waals surface area contributed by atoms with E-state index in [1.165, 1.54) is 17.5 Å². The van der Waals surface area contributed by atoms with Gasteiger partial charge in [-0.2, -0.15) is 0 Å². The molecule has 88 valence electrons. The topological polar surface area (TPSA) is 68.7 Å². The van der Waals surface area contributed by atoms with E-state index in [4.69, 9.17) is 14.6 Å². The number of carbonyl (C=O) groups is 1. The Morgan fingerprint density at radius 3 is 2.81 bits per heavy atom. The van der Waals surface area contributed by atoms with Crippen LogP contribution in [0.1, 0.15) is 27.5 Å². The van der Waals surface area contributed by atoms with Crippen LogP contribution < -0.4 is 0 Å². The van der Waals surface area contributed by atoms with E-state index >= 15 is 0 Å². The van der Waals surface area contributed by atoms with Gasteiger partial charge in [-0.25, -0.2) is 9.78 Å². The average molecular weight is 243 g/mol. The SMILES string of the molecule is COC1(c2ncc(C(=O)O)s2)CCOCC1. The Bertz CT molecular complexity index is 384. The molecule has 1 aliphatic heterocycles. The largest absolute Gasteiger partial charge is 0.477 e. The molecule has 1 saturated heterocycles. The summed E-state index contributed by atoms with van der Waals surface area (Å²) in [5.74, 6) is -0.943. The first-order chi connectivity index (χ1) is 7.68. The maximum atomic E-state index is 10.8. The fraction of sp³-hybridized carbons (Fsp3) is 0.600. The quantitative estimate of drug-likeness (QED) is 0.871. The summed E-state index contributed by atoms with van der Waals surface area (Å²) in [6, 6.07) is 0. The van der Waals surface area contributed by atoms with Crippen LogP contribution in [0.4, 0.5) is 0 Å². The molecule has 0 amide bonds. The zero-order chi connectivity index (χ0) is 11.6. The third kappa shape index (κ3) is 1.95. The van der Waals surface area contributed by atoms with Gasteiger partial charge in [-0.1, -0.05) is 0 Å². The highest BCUT2D eigenvalue weighted by Gasteiger charge is 2.37. The summed E-state index contributed by atoms with van der Waals surface area (Å²) in [5.41, 5.74) is -0.462. The van der Waals surface area contributed by atoms with E-state index in [0.717, 1.165) is 17.8 Å². The minimum absolute atomic E-state index is 0.248. The Morgan fingerprint density at radius 2 is 2.31 bits per heavy atom. The summed E-state index contributed by atoms with van der Waals surface area (Å²) >= 11 is 1.18. The second-order valence-electron chi connectivity index (χ2n) is 3.65. The van der Waals surface area contributed by atoms with Gasteiger partial charge < -0.3 is 14.6 Å². The lowest BCUT2D eigenvalue weighted by Gasteiger charge is -2.33. The van der Waals surface area contributed by atoms with Gasteiger partial charge in [0, 0.05) is 33.2 Å². The maximum Gasteiger partial charge on any atom is 0.347 e. The van der Waals surface area contributed by atoms with E-state index in [-0.39, 0.29) is 4.88 Å². The van der Waals surface area contributed by atoms with Gasteiger partial charge in [-0.3, -0.25) is 0 Å². The predicted octanol–water partition coefficient (Wildman–Crippen LogP) is 1.49. The lowest BCUT2D eigenvalue weighted by Crippen LogP contribution is -2.35. The number of rotatable bonds is 3. The molecule has 0 unspecified atom stereocenters. The van der Waals surface area contributed by atoms with Crippen molar-refractivity contribution in [1.29, 1.82) is 0 Å². The molecule has 1 fully saturated rings. The highest BCUT2D eigenvalue weighted by molar-refractivity contribution is 7.13. The van der Waals surface area contributed by atoms with Crippen LogP contribution in [0.3, 0.4) is 0 Å². The first-order valence-corrected chi connectivity index (χ1v) is 5.82. The van der Waals surface area contributed by atoms with Crippen molar-refractivity contribution in [2.45, 2.75) is 18.4 Å². The number of methoxy groups -OCH3 is 1. The highest BCUT2D eigenvalue weighted by Crippen LogP contribution is 2.37. The smallest absolute Gasteiger partial charge is 0.347 e. The van der Waals surface area contributed by atoms with Crippen molar-refractivity contribution in [1.82, 2.24) is 4.98 Å². The standard InChI is InChI=1S/C10H13NO4S/c1-14-10(2-4-15-5-3-10)9-11-6-7(16-9)8(12)13/h6H,2-5H2,1H3,(H,12,13). The molecular weight excluding hydrogens is 230 g/mol. The normalized spacial score (nSPS) is 19.6. The van der Waals surface area contributed by atoms with Crippen molar-refractivity contribution in [3.63, 3.8) is 0 Å². The Hall–Kier alpha value is -0.980. The van der Waals surface area contributed by atoms with Crippen LogP contribution in [0.2, 0.25) is 0 Å². The van der Waals surface area contributed by atoms with Crippen LogP contribution in [-0.2, 0) is 15.1 Å². The number of carboxylic acids is 1. The van der Waals surface area contributed by atoms with E-state index < -0.39 is 11.6 Å². The molecule has 0 bridgehead atoms. The van der Waals surface area contributed by atoms with Crippen molar-refractivity contribution < 1.29 is 19.4 Å². The third-order valence-corrected chi connectivity index (χ3v) is 3.97. The van der Waals surface area contributed by atoms with Crippen molar-refractivity contribution in [2.24, 2.45) is 0 Å². The van der Waals surface area contributed by atoms with Crippen molar-refractivity contribution in [2.75, 3.05) is 20.3 Å². The van der Waals surface area contributed by atoms with Crippen LogP contribution in [-0.4, -0.2) is 36.4 Å². The van der Waals surface area contributed by atoms with Gasteiger partial charge in [0.1, 0.15) is 15.5 Å². The summed E-state index contributed by atoms with van der Waals surface area (Å²) in [7, 11) is 1.63. The third-order valence-electron chi connectivity index (χ3n) is 2.80. The van der Waals surface area contributed by atoms with Gasteiger partial charge in [0.2, 0.25) is 0 Å².